The van der Waals surface area contributed by atoms with Gasteiger partial charge in [0.15, 0.2) is 0 Å². The van der Waals surface area contributed by atoms with Gasteiger partial charge in [-0.05, 0) is 65.7 Å². The molecule has 2 rings (SSSR count). The lowest BCUT2D eigenvalue weighted by Crippen LogP contribution is -2.30. The zero-order valence-electron chi connectivity index (χ0n) is 11.6. The third-order valence-corrected chi connectivity index (χ3v) is 5.79. The minimum atomic E-state index is 0.560. The molecule has 1 unspecified atom stereocenters. The van der Waals surface area contributed by atoms with Crippen molar-refractivity contribution in [3.05, 3.63) is 20.3 Å². The highest BCUT2D eigenvalue weighted by Gasteiger charge is 2.28. The highest BCUT2D eigenvalue weighted by Crippen LogP contribution is 2.40. The second-order valence-corrected chi connectivity index (χ2v) is 8.25. The lowest BCUT2D eigenvalue weighted by atomic mass is 9.77. The van der Waals surface area contributed by atoms with E-state index in [0.717, 1.165) is 18.4 Å². The van der Waals surface area contributed by atoms with E-state index in [-0.39, 0.29) is 0 Å². The van der Waals surface area contributed by atoms with Crippen molar-refractivity contribution in [2.45, 2.75) is 52.5 Å². The van der Waals surface area contributed by atoms with Gasteiger partial charge in [-0.25, -0.2) is 0 Å². The summed E-state index contributed by atoms with van der Waals surface area (Å²) < 4.78 is 1.27. The van der Waals surface area contributed by atoms with Crippen molar-refractivity contribution >= 4 is 27.3 Å². The maximum atomic E-state index is 3.72. The average Bonchev–Trinajstić information content (AvgIpc) is 2.67. The molecule has 0 spiro atoms. The van der Waals surface area contributed by atoms with Gasteiger partial charge in [-0.3, -0.25) is 0 Å². The summed E-state index contributed by atoms with van der Waals surface area (Å²) in [6, 6.07) is 2.88. The summed E-state index contributed by atoms with van der Waals surface area (Å²) >= 11 is 5.49. The van der Waals surface area contributed by atoms with E-state index in [2.05, 4.69) is 48.1 Å². The van der Waals surface area contributed by atoms with Crippen LogP contribution in [-0.4, -0.2) is 6.54 Å². The second-order valence-electron chi connectivity index (χ2n) is 5.62. The molecule has 0 amide bonds. The van der Waals surface area contributed by atoms with E-state index in [1.165, 1.54) is 39.9 Å². The summed E-state index contributed by atoms with van der Waals surface area (Å²) in [6.07, 6.45) is 5.56. The topological polar surface area (TPSA) is 12.0 Å². The van der Waals surface area contributed by atoms with Crippen LogP contribution in [0.25, 0.3) is 0 Å². The maximum Gasteiger partial charge on any atom is 0.0704 e. The summed E-state index contributed by atoms with van der Waals surface area (Å²) in [5.74, 6) is 1.75. The maximum absolute atomic E-state index is 3.72. The van der Waals surface area contributed by atoms with E-state index in [1.54, 1.807) is 0 Å². The molecule has 0 aliphatic heterocycles. The number of aryl methyl sites for hydroxylation is 1. The fraction of sp³-hybridized carbons (Fsp3) is 0.733. The Hall–Kier alpha value is 0.140. The van der Waals surface area contributed by atoms with E-state index >= 15 is 0 Å². The number of halogens is 1. The molecule has 1 aliphatic rings. The summed E-state index contributed by atoms with van der Waals surface area (Å²) in [5, 5.41) is 3.72. The Morgan fingerprint density at radius 1 is 1.39 bits per heavy atom. The molecule has 0 aromatic carbocycles. The number of hydrogen-bond donors (Lipinski definition) is 1. The van der Waals surface area contributed by atoms with Gasteiger partial charge in [0.25, 0.3) is 0 Å². The van der Waals surface area contributed by atoms with Gasteiger partial charge in [0.2, 0.25) is 0 Å². The van der Waals surface area contributed by atoms with Gasteiger partial charge < -0.3 is 5.32 Å². The van der Waals surface area contributed by atoms with E-state index < -0.39 is 0 Å². The van der Waals surface area contributed by atoms with Crippen LogP contribution in [0, 0.1) is 18.8 Å². The van der Waals surface area contributed by atoms with Crippen LogP contribution in [0.1, 0.15) is 56.0 Å². The van der Waals surface area contributed by atoms with Crippen LogP contribution >= 0.6 is 27.3 Å². The minimum Gasteiger partial charge on any atom is -0.310 e. The number of thiophene rings is 1. The van der Waals surface area contributed by atoms with Crippen molar-refractivity contribution < 1.29 is 0 Å². The normalized spacial score (nSPS) is 26.2. The molecule has 0 bridgehead atoms. The molecule has 1 fully saturated rings. The van der Waals surface area contributed by atoms with Crippen LogP contribution in [0.3, 0.4) is 0 Å². The lowest BCUT2D eigenvalue weighted by Gasteiger charge is -2.33. The van der Waals surface area contributed by atoms with Gasteiger partial charge >= 0.3 is 0 Å². The molecule has 3 heteroatoms. The van der Waals surface area contributed by atoms with Gasteiger partial charge in [0.1, 0.15) is 0 Å². The molecule has 0 radical (unpaired) electrons. The molecule has 102 valence electrons. The third-order valence-electron chi connectivity index (χ3n) is 4.22. The predicted octanol–water partition coefficient (Wildman–Crippen LogP) is 5.30. The average molecular weight is 330 g/mol. The second kappa shape index (κ2) is 6.53. The van der Waals surface area contributed by atoms with Gasteiger partial charge in [-0.1, -0.05) is 26.7 Å². The van der Waals surface area contributed by atoms with Crippen LogP contribution in [0.4, 0.5) is 0 Å². The molecule has 1 aromatic rings. The van der Waals surface area contributed by atoms with Crippen LogP contribution in [0.2, 0.25) is 0 Å². The molecule has 1 atom stereocenters. The minimum absolute atomic E-state index is 0.560. The van der Waals surface area contributed by atoms with E-state index in [4.69, 9.17) is 0 Å². The Morgan fingerprint density at radius 2 is 2.06 bits per heavy atom. The molecule has 1 heterocycles. The van der Waals surface area contributed by atoms with Crippen LogP contribution in [-0.2, 0) is 0 Å². The molecule has 1 N–H and O–H groups in total. The number of rotatable bonds is 4. The van der Waals surface area contributed by atoms with Crippen LogP contribution in [0.15, 0.2) is 9.85 Å². The summed E-state index contributed by atoms with van der Waals surface area (Å²) in [6.45, 7) is 7.92. The third kappa shape index (κ3) is 3.37. The van der Waals surface area contributed by atoms with Crippen molar-refractivity contribution in [1.82, 2.24) is 5.32 Å². The molecule has 1 aliphatic carbocycles. The number of hydrogen-bond acceptors (Lipinski definition) is 2. The monoisotopic (exact) mass is 329 g/mol. The van der Waals surface area contributed by atoms with Crippen molar-refractivity contribution in [3.8, 4) is 0 Å². The molecule has 1 saturated carbocycles. The largest absolute Gasteiger partial charge is 0.310 e. The molecule has 1 nitrogen and oxygen atoms in total. The first-order valence-corrected chi connectivity index (χ1v) is 8.72. The Kier molecular flexibility index (Phi) is 5.28. The molecular formula is C15H24BrNS. The Balaban J connectivity index is 2.15. The summed E-state index contributed by atoms with van der Waals surface area (Å²) in [5.41, 5.74) is 1.52. The van der Waals surface area contributed by atoms with Crippen LogP contribution < -0.4 is 5.32 Å². The van der Waals surface area contributed by atoms with Crippen molar-refractivity contribution in [2.24, 2.45) is 11.8 Å². The van der Waals surface area contributed by atoms with Crippen molar-refractivity contribution in [1.29, 1.82) is 0 Å². The smallest absolute Gasteiger partial charge is 0.0704 e. The standard InChI is InChI=1S/C15H24BrNS/c1-4-17-15(12-7-5-10(2)6-8-12)13-9-14(16)18-11(13)3/h9-10,12,15,17H,4-8H2,1-3H3. The summed E-state index contributed by atoms with van der Waals surface area (Å²) in [7, 11) is 0. The van der Waals surface area contributed by atoms with Gasteiger partial charge in [-0.2, -0.15) is 0 Å². The molecule has 0 saturated heterocycles. The molecule has 18 heavy (non-hydrogen) atoms. The Bertz CT molecular complexity index is 380. The fourth-order valence-electron chi connectivity index (χ4n) is 3.14. The van der Waals surface area contributed by atoms with Crippen molar-refractivity contribution in [3.63, 3.8) is 0 Å². The quantitative estimate of drug-likeness (QED) is 0.790. The van der Waals surface area contributed by atoms with E-state index in [0.29, 0.717) is 6.04 Å². The Labute approximate surface area is 123 Å². The fourth-order valence-corrected chi connectivity index (χ4v) is 4.89. The summed E-state index contributed by atoms with van der Waals surface area (Å²) in [4.78, 5) is 1.46. The SMILES string of the molecule is CCNC(c1cc(Br)sc1C)C1CCC(C)CC1. The highest BCUT2D eigenvalue weighted by molar-refractivity contribution is 9.11. The van der Waals surface area contributed by atoms with E-state index in [1.807, 2.05) is 11.3 Å². The Morgan fingerprint density at radius 3 is 2.56 bits per heavy atom. The van der Waals surface area contributed by atoms with Gasteiger partial charge in [-0.15, -0.1) is 11.3 Å². The van der Waals surface area contributed by atoms with Gasteiger partial charge in [0, 0.05) is 10.9 Å². The first-order chi connectivity index (χ1) is 8.61. The van der Waals surface area contributed by atoms with Gasteiger partial charge in [0.05, 0.1) is 3.79 Å². The molecule has 1 aromatic heterocycles. The highest BCUT2D eigenvalue weighted by atomic mass is 79.9. The van der Waals surface area contributed by atoms with Crippen molar-refractivity contribution in [2.75, 3.05) is 6.54 Å². The lowest BCUT2D eigenvalue weighted by molar-refractivity contribution is 0.233. The van der Waals surface area contributed by atoms with E-state index in [9.17, 15) is 0 Å². The van der Waals surface area contributed by atoms with Crippen LogP contribution in [0.5, 0.6) is 0 Å². The predicted molar refractivity (Wildman–Crippen MR) is 84.3 cm³/mol. The first kappa shape index (κ1) is 14.5. The first-order valence-electron chi connectivity index (χ1n) is 7.11. The molecular weight excluding hydrogens is 306 g/mol. The zero-order chi connectivity index (χ0) is 13.1. The zero-order valence-corrected chi connectivity index (χ0v) is 14.0. The number of nitrogens with one attached hydrogen (secondary N) is 1.